The first-order valence-corrected chi connectivity index (χ1v) is 5.29. The first-order chi connectivity index (χ1) is 7.05. The van der Waals surface area contributed by atoms with Gasteiger partial charge >= 0.3 is 0 Å². The molecule has 15 heavy (non-hydrogen) atoms. The van der Waals surface area contributed by atoms with E-state index in [1.54, 1.807) is 0 Å². The maximum Gasteiger partial charge on any atom is 0.239 e. The van der Waals surface area contributed by atoms with Crippen LogP contribution in [0.4, 0.5) is 0 Å². The van der Waals surface area contributed by atoms with Gasteiger partial charge in [0.2, 0.25) is 5.91 Å². The standard InChI is InChI=1S/C10H20N2O3/c1-10(2,3-5-13)12-9(14)8-7-15-6-4-11-8/h8,11,13H,3-7H2,1-2H3,(H,12,14). The van der Waals surface area contributed by atoms with E-state index < -0.39 is 0 Å². The highest BCUT2D eigenvalue weighted by Crippen LogP contribution is 2.08. The first kappa shape index (κ1) is 12.4. The van der Waals surface area contributed by atoms with Crippen molar-refractivity contribution >= 4 is 5.91 Å². The van der Waals surface area contributed by atoms with Gasteiger partial charge in [0.15, 0.2) is 0 Å². The number of hydrogen-bond acceptors (Lipinski definition) is 4. The lowest BCUT2D eigenvalue weighted by molar-refractivity contribution is -0.127. The van der Waals surface area contributed by atoms with Gasteiger partial charge in [0, 0.05) is 18.7 Å². The van der Waals surface area contributed by atoms with Gasteiger partial charge in [-0.15, -0.1) is 0 Å². The number of aliphatic hydroxyl groups excluding tert-OH is 1. The van der Waals surface area contributed by atoms with Crippen molar-refractivity contribution in [2.45, 2.75) is 31.8 Å². The maximum atomic E-state index is 11.8. The van der Waals surface area contributed by atoms with Crippen LogP contribution in [0.25, 0.3) is 0 Å². The van der Waals surface area contributed by atoms with E-state index in [-0.39, 0.29) is 24.1 Å². The molecular formula is C10H20N2O3. The van der Waals surface area contributed by atoms with Crippen molar-refractivity contribution in [2.75, 3.05) is 26.4 Å². The van der Waals surface area contributed by atoms with Crippen molar-refractivity contribution in [3.8, 4) is 0 Å². The van der Waals surface area contributed by atoms with Crippen LogP contribution in [-0.2, 0) is 9.53 Å². The Hall–Kier alpha value is -0.650. The summed E-state index contributed by atoms with van der Waals surface area (Å²) in [6.45, 7) is 5.64. The molecule has 0 aromatic rings. The van der Waals surface area contributed by atoms with E-state index in [4.69, 9.17) is 9.84 Å². The fraction of sp³-hybridized carbons (Fsp3) is 0.900. The predicted octanol–water partition coefficient (Wildman–Crippen LogP) is -0.748. The molecule has 1 amide bonds. The number of rotatable bonds is 4. The second-order valence-electron chi connectivity index (χ2n) is 4.43. The van der Waals surface area contributed by atoms with Gasteiger partial charge in [-0.2, -0.15) is 0 Å². The molecule has 0 spiro atoms. The Morgan fingerprint density at radius 1 is 1.67 bits per heavy atom. The predicted molar refractivity (Wildman–Crippen MR) is 56.5 cm³/mol. The Bertz CT molecular complexity index is 213. The molecule has 1 unspecified atom stereocenters. The number of hydrogen-bond donors (Lipinski definition) is 3. The minimum absolute atomic E-state index is 0.0619. The molecule has 1 rings (SSSR count). The fourth-order valence-electron chi connectivity index (χ4n) is 1.50. The molecule has 0 aromatic carbocycles. The Morgan fingerprint density at radius 2 is 2.40 bits per heavy atom. The number of ether oxygens (including phenoxy) is 1. The zero-order valence-electron chi connectivity index (χ0n) is 9.38. The van der Waals surface area contributed by atoms with E-state index in [0.717, 1.165) is 0 Å². The minimum atomic E-state index is -0.370. The average Bonchev–Trinajstić information content (AvgIpc) is 2.18. The third-order valence-electron chi connectivity index (χ3n) is 2.44. The van der Waals surface area contributed by atoms with Crippen LogP contribution in [0.1, 0.15) is 20.3 Å². The highest BCUT2D eigenvalue weighted by atomic mass is 16.5. The molecule has 1 heterocycles. The van der Waals surface area contributed by atoms with Gasteiger partial charge in [-0.1, -0.05) is 0 Å². The van der Waals surface area contributed by atoms with Gasteiger partial charge in [-0.05, 0) is 20.3 Å². The molecule has 0 radical (unpaired) electrons. The first-order valence-electron chi connectivity index (χ1n) is 5.29. The molecule has 1 aliphatic rings. The molecule has 1 fully saturated rings. The molecule has 88 valence electrons. The third kappa shape index (κ3) is 4.15. The molecule has 1 atom stereocenters. The van der Waals surface area contributed by atoms with Crippen LogP contribution >= 0.6 is 0 Å². The number of aliphatic hydroxyl groups is 1. The van der Waals surface area contributed by atoms with Gasteiger partial charge in [-0.25, -0.2) is 0 Å². The molecule has 5 heteroatoms. The lowest BCUT2D eigenvalue weighted by Crippen LogP contribution is -2.56. The monoisotopic (exact) mass is 216 g/mol. The summed E-state index contributed by atoms with van der Waals surface area (Å²) in [5.74, 6) is -0.0619. The van der Waals surface area contributed by atoms with Crippen molar-refractivity contribution in [1.82, 2.24) is 10.6 Å². The lowest BCUT2D eigenvalue weighted by atomic mass is 10.0. The average molecular weight is 216 g/mol. The van der Waals surface area contributed by atoms with Crippen LogP contribution in [0.15, 0.2) is 0 Å². The number of amides is 1. The molecule has 5 nitrogen and oxygen atoms in total. The summed E-state index contributed by atoms with van der Waals surface area (Å²) in [5.41, 5.74) is -0.370. The van der Waals surface area contributed by atoms with Crippen molar-refractivity contribution in [3.63, 3.8) is 0 Å². The van der Waals surface area contributed by atoms with Crippen LogP contribution in [0, 0.1) is 0 Å². The molecule has 0 saturated carbocycles. The zero-order chi connectivity index (χ0) is 11.3. The van der Waals surface area contributed by atoms with E-state index in [0.29, 0.717) is 26.2 Å². The lowest BCUT2D eigenvalue weighted by Gasteiger charge is -2.30. The van der Waals surface area contributed by atoms with Gasteiger partial charge in [0.1, 0.15) is 6.04 Å². The van der Waals surface area contributed by atoms with Crippen LogP contribution in [-0.4, -0.2) is 49.0 Å². The van der Waals surface area contributed by atoms with Crippen molar-refractivity contribution in [2.24, 2.45) is 0 Å². The van der Waals surface area contributed by atoms with Crippen LogP contribution in [0.3, 0.4) is 0 Å². The number of carbonyl (C=O) groups excluding carboxylic acids is 1. The van der Waals surface area contributed by atoms with Gasteiger partial charge in [0.05, 0.1) is 13.2 Å². The molecule has 0 aromatic heterocycles. The second kappa shape index (κ2) is 5.44. The summed E-state index contributed by atoms with van der Waals surface area (Å²) in [5, 5.41) is 14.8. The number of morpholine rings is 1. The summed E-state index contributed by atoms with van der Waals surface area (Å²) < 4.78 is 5.20. The summed E-state index contributed by atoms with van der Waals surface area (Å²) >= 11 is 0. The largest absolute Gasteiger partial charge is 0.396 e. The van der Waals surface area contributed by atoms with Crippen molar-refractivity contribution in [1.29, 1.82) is 0 Å². The summed E-state index contributed by atoms with van der Waals surface area (Å²) in [7, 11) is 0. The minimum Gasteiger partial charge on any atom is -0.396 e. The van der Waals surface area contributed by atoms with E-state index in [1.807, 2.05) is 13.8 Å². The van der Waals surface area contributed by atoms with Crippen molar-refractivity contribution in [3.05, 3.63) is 0 Å². The van der Waals surface area contributed by atoms with Gasteiger partial charge < -0.3 is 20.5 Å². The maximum absolute atomic E-state index is 11.8. The van der Waals surface area contributed by atoms with E-state index in [9.17, 15) is 4.79 Å². The Labute approximate surface area is 90.2 Å². The Balaban J connectivity index is 2.39. The second-order valence-corrected chi connectivity index (χ2v) is 4.43. The van der Waals surface area contributed by atoms with E-state index in [2.05, 4.69) is 10.6 Å². The summed E-state index contributed by atoms with van der Waals surface area (Å²) in [4.78, 5) is 11.8. The topological polar surface area (TPSA) is 70.6 Å². The highest BCUT2D eigenvalue weighted by molar-refractivity contribution is 5.82. The normalized spacial score (nSPS) is 22.5. The zero-order valence-corrected chi connectivity index (χ0v) is 9.38. The Kier molecular flexibility index (Phi) is 4.50. The molecule has 0 aliphatic carbocycles. The molecule has 3 N–H and O–H groups in total. The van der Waals surface area contributed by atoms with Crippen LogP contribution in [0.2, 0.25) is 0 Å². The highest BCUT2D eigenvalue weighted by Gasteiger charge is 2.26. The smallest absolute Gasteiger partial charge is 0.239 e. The fourth-order valence-corrected chi connectivity index (χ4v) is 1.50. The molecule has 0 bridgehead atoms. The van der Waals surface area contributed by atoms with Crippen LogP contribution in [0.5, 0.6) is 0 Å². The van der Waals surface area contributed by atoms with E-state index >= 15 is 0 Å². The summed E-state index contributed by atoms with van der Waals surface area (Å²) in [6.07, 6.45) is 0.548. The third-order valence-corrected chi connectivity index (χ3v) is 2.44. The summed E-state index contributed by atoms with van der Waals surface area (Å²) in [6, 6.07) is -0.267. The van der Waals surface area contributed by atoms with Crippen molar-refractivity contribution < 1.29 is 14.6 Å². The quantitative estimate of drug-likeness (QED) is 0.578. The van der Waals surface area contributed by atoms with Gasteiger partial charge in [-0.3, -0.25) is 4.79 Å². The SMILES string of the molecule is CC(C)(CCO)NC(=O)C1COCCN1. The van der Waals surface area contributed by atoms with Crippen LogP contribution < -0.4 is 10.6 Å². The molecular weight excluding hydrogens is 196 g/mol. The van der Waals surface area contributed by atoms with E-state index in [1.165, 1.54) is 0 Å². The molecule has 1 saturated heterocycles. The number of nitrogens with one attached hydrogen (secondary N) is 2. The number of carbonyl (C=O) groups is 1. The van der Waals surface area contributed by atoms with Gasteiger partial charge in [0.25, 0.3) is 0 Å². The molecule has 1 aliphatic heterocycles. The Morgan fingerprint density at radius 3 is 2.93 bits per heavy atom.